The maximum Gasteiger partial charge on any atom is 0.340 e. The number of carbonyl (C=O) groups excluding carboxylic acids is 1. The number of esters is 1. The first kappa shape index (κ1) is 20.1. The van der Waals surface area contributed by atoms with Crippen molar-refractivity contribution in [3.63, 3.8) is 0 Å². The zero-order chi connectivity index (χ0) is 21.3. The van der Waals surface area contributed by atoms with Gasteiger partial charge in [-0.2, -0.15) is 0 Å². The molecular formula is C25H24FNO3. The number of aromatic nitrogens is 1. The Labute approximate surface area is 175 Å². The second-order valence-corrected chi connectivity index (χ2v) is 7.55. The van der Waals surface area contributed by atoms with E-state index >= 15 is 0 Å². The molecule has 0 radical (unpaired) electrons. The highest BCUT2D eigenvalue weighted by Crippen LogP contribution is 2.42. The van der Waals surface area contributed by atoms with Crippen LogP contribution in [0.15, 0.2) is 48.5 Å². The maximum absolute atomic E-state index is 13.7. The topological polar surface area (TPSA) is 48.4 Å². The molecule has 1 aliphatic rings. The summed E-state index contributed by atoms with van der Waals surface area (Å²) in [5.74, 6) is 0.0289. The van der Waals surface area contributed by atoms with Crippen LogP contribution >= 0.6 is 0 Å². The molecule has 0 amide bonds. The van der Waals surface area contributed by atoms with Gasteiger partial charge in [0.2, 0.25) is 0 Å². The van der Waals surface area contributed by atoms with Gasteiger partial charge < -0.3 is 9.47 Å². The van der Waals surface area contributed by atoms with Crippen LogP contribution in [0.3, 0.4) is 0 Å². The van der Waals surface area contributed by atoms with Gasteiger partial charge in [0.25, 0.3) is 0 Å². The highest BCUT2D eigenvalue weighted by atomic mass is 19.1. The van der Waals surface area contributed by atoms with E-state index in [9.17, 15) is 9.18 Å². The van der Waals surface area contributed by atoms with Crippen LogP contribution in [0.2, 0.25) is 0 Å². The quantitative estimate of drug-likeness (QED) is 0.516. The van der Waals surface area contributed by atoms with Crippen molar-refractivity contribution in [2.45, 2.75) is 33.1 Å². The van der Waals surface area contributed by atoms with Crippen LogP contribution in [0, 0.1) is 5.82 Å². The van der Waals surface area contributed by atoms with Gasteiger partial charge in [-0.1, -0.05) is 38.1 Å². The molecule has 0 aliphatic carbocycles. The summed E-state index contributed by atoms with van der Waals surface area (Å²) in [6, 6.07) is 14.0. The molecule has 2 heterocycles. The summed E-state index contributed by atoms with van der Waals surface area (Å²) in [5, 5.41) is 0. The molecule has 2 aromatic carbocycles. The molecule has 0 unspecified atom stereocenters. The van der Waals surface area contributed by atoms with Gasteiger partial charge in [0.1, 0.15) is 11.6 Å². The summed E-state index contributed by atoms with van der Waals surface area (Å²) in [7, 11) is 0. The number of halogens is 1. The average Bonchev–Trinajstić information content (AvgIpc) is 2.92. The largest absolute Gasteiger partial charge is 0.493 e. The normalized spacial score (nSPS) is 12.6. The molecular weight excluding hydrogens is 381 g/mol. The highest BCUT2D eigenvalue weighted by Gasteiger charge is 2.30. The zero-order valence-electron chi connectivity index (χ0n) is 17.4. The predicted octanol–water partition coefficient (Wildman–Crippen LogP) is 5.79. The molecule has 1 aliphatic heterocycles. The van der Waals surface area contributed by atoms with Crippen molar-refractivity contribution in [2.75, 3.05) is 13.2 Å². The second-order valence-electron chi connectivity index (χ2n) is 7.55. The molecule has 30 heavy (non-hydrogen) atoms. The fraction of sp³-hybridized carbons (Fsp3) is 0.280. The van der Waals surface area contributed by atoms with Crippen LogP contribution in [-0.4, -0.2) is 24.2 Å². The number of para-hydroxylation sites is 1. The summed E-state index contributed by atoms with van der Waals surface area (Å²) in [6.07, 6.45) is 0.578. The molecule has 3 aromatic rings. The third-order valence-corrected chi connectivity index (χ3v) is 5.24. The standard InChI is InChI=1S/C25H24FNO3/c1-4-29-25(28)22-21(16-9-11-17(26)12-10-16)19-13-14-30-20-8-6-5-7-18(20)24(19)27-23(22)15(2)3/h5-12,15H,4,13-14H2,1-3H3. The van der Waals surface area contributed by atoms with Crippen molar-refractivity contribution in [3.05, 3.63) is 71.2 Å². The third-order valence-electron chi connectivity index (χ3n) is 5.24. The smallest absolute Gasteiger partial charge is 0.340 e. The summed E-state index contributed by atoms with van der Waals surface area (Å²) in [4.78, 5) is 18.0. The Balaban J connectivity index is 2.11. The van der Waals surface area contributed by atoms with Crippen molar-refractivity contribution >= 4 is 5.97 Å². The third kappa shape index (κ3) is 3.56. The molecule has 0 bridgehead atoms. The number of ether oxygens (including phenoxy) is 2. The monoisotopic (exact) mass is 405 g/mol. The minimum absolute atomic E-state index is 0.00904. The minimum Gasteiger partial charge on any atom is -0.493 e. The van der Waals surface area contributed by atoms with E-state index < -0.39 is 5.97 Å². The number of benzene rings is 2. The van der Waals surface area contributed by atoms with E-state index in [2.05, 4.69) is 0 Å². The molecule has 4 rings (SSSR count). The Morgan fingerprint density at radius 3 is 2.60 bits per heavy atom. The van der Waals surface area contributed by atoms with E-state index in [0.717, 1.165) is 33.7 Å². The molecule has 154 valence electrons. The van der Waals surface area contributed by atoms with E-state index in [1.54, 1.807) is 19.1 Å². The lowest BCUT2D eigenvalue weighted by Crippen LogP contribution is -2.16. The van der Waals surface area contributed by atoms with Crippen molar-refractivity contribution < 1.29 is 18.7 Å². The van der Waals surface area contributed by atoms with Crippen LogP contribution in [0.4, 0.5) is 4.39 Å². The van der Waals surface area contributed by atoms with Gasteiger partial charge in [-0.15, -0.1) is 0 Å². The molecule has 0 saturated carbocycles. The van der Waals surface area contributed by atoms with E-state index in [4.69, 9.17) is 14.5 Å². The zero-order valence-corrected chi connectivity index (χ0v) is 17.4. The molecule has 0 saturated heterocycles. The number of nitrogens with zero attached hydrogens (tertiary/aromatic N) is 1. The Bertz CT molecular complexity index is 1090. The van der Waals surface area contributed by atoms with Crippen molar-refractivity contribution in [1.82, 2.24) is 4.98 Å². The average molecular weight is 405 g/mol. The summed E-state index contributed by atoms with van der Waals surface area (Å²) in [6.45, 7) is 6.52. The van der Waals surface area contributed by atoms with Crippen LogP contribution in [0.1, 0.15) is 48.3 Å². The SMILES string of the molecule is CCOC(=O)c1c(C(C)C)nc2c(c1-c1ccc(F)cc1)CCOc1ccccc1-2. The summed E-state index contributed by atoms with van der Waals surface area (Å²) < 4.78 is 25.1. The van der Waals surface area contributed by atoms with Gasteiger partial charge in [-0.25, -0.2) is 9.18 Å². The number of carbonyl (C=O) groups is 1. The van der Waals surface area contributed by atoms with Crippen LogP contribution in [0.25, 0.3) is 22.4 Å². The fourth-order valence-corrected chi connectivity index (χ4v) is 3.92. The van der Waals surface area contributed by atoms with Gasteiger partial charge in [-0.3, -0.25) is 4.98 Å². The van der Waals surface area contributed by atoms with Gasteiger partial charge in [0.15, 0.2) is 0 Å². The maximum atomic E-state index is 13.7. The Hall–Kier alpha value is -3.21. The second kappa shape index (κ2) is 8.27. The Kier molecular flexibility index (Phi) is 5.53. The lowest BCUT2D eigenvalue weighted by atomic mass is 9.87. The Morgan fingerprint density at radius 2 is 1.90 bits per heavy atom. The van der Waals surface area contributed by atoms with E-state index in [-0.39, 0.29) is 18.3 Å². The summed E-state index contributed by atoms with van der Waals surface area (Å²) >= 11 is 0. The van der Waals surface area contributed by atoms with E-state index in [1.165, 1.54) is 12.1 Å². The first-order valence-electron chi connectivity index (χ1n) is 10.2. The summed E-state index contributed by atoms with van der Waals surface area (Å²) in [5.41, 5.74) is 5.26. The molecule has 0 N–H and O–H groups in total. The first-order valence-corrected chi connectivity index (χ1v) is 10.2. The van der Waals surface area contributed by atoms with Crippen LogP contribution in [-0.2, 0) is 11.2 Å². The van der Waals surface area contributed by atoms with Gasteiger partial charge >= 0.3 is 5.97 Å². The number of fused-ring (bicyclic) bond motifs is 3. The first-order chi connectivity index (χ1) is 14.5. The number of rotatable bonds is 4. The molecule has 0 fully saturated rings. The fourth-order valence-electron chi connectivity index (χ4n) is 3.92. The van der Waals surface area contributed by atoms with Gasteiger partial charge in [0.05, 0.1) is 30.2 Å². The molecule has 0 atom stereocenters. The highest BCUT2D eigenvalue weighted by molar-refractivity contribution is 6.01. The van der Waals surface area contributed by atoms with Gasteiger partial charge in [0, 0.05) is 17.5 Å². The molecule has 0 spiro atoms. The van der Waals surface area contributed by atoms with E-state index in [0.29, 0.717) is 24.3 Å². The van der Waals surface area contributed by atoms with Gasteiger partial charge in [-0.05, 0) is 48.2 Å². The van der Waals surface area contributed by atoms with E-state index in [1.807, 2.05) is 38.1 Å². The Morgan fingerprint density at radius 1 is 1.17 bits per heavy atom. The lowest BCUT2D eigenvalue weighted by Gasteiger charge is -2.21. The molecule has 5 heteroatoms. The predicted molar refractivity (Wildman–Crippen MR) is 114 cm³/mol. The van der Waals surface area contributed by atoms with Crippen LogP contribution in [0.5, 0.6) is 5.75 Å². The number of hydrogen-bond donors (Lipinski definition) is 0. The number of pyridine rings is 1. The molecule has 1 aromatic heterocycles. The molecule has 4 nitrogen and oxygen atoms in total. The van der Waals surface area contributed by atoms with Crippen molar-refractivity contribution in [2.24, 2.45) is 0 Å². The lowest BCUT2D eigenvalue weighted by molar-refractivity contribution is 0.0525. The van der Waals surface area contributed by atoms with Crippen molar-refractivity contribution in [3.8, 4) is 28.1 Å². The van der Waals surface area contributed by atoms with Crippen molar-refractivity contribution in [1.29, 1.82) is 0 Å². The van der Waals surface area contributed by atoms with Crippen LogP contribution < -0.4 is 4.74 Å². The minimum atomic E-state index is -0.408. The number of hydrogen-bond acceptors (Lipinski definition) is 4.